The van der Waals surface area contributed by atoms with Crippen LogP contribution in [0, 0.1) is 0 Å². The fourth-order valence-corrected chi connectivity index (χ4v) is 3.43. The monoisotopic (exact) mass is 445 g/mol. The largest absolute Gasteiger partial charge is 0.332 e. The Bertz CT molecular complexity index is 1070. The Morgan fingerprint density at radius 1 is 0.781 bits per heavy atom. The van der Waals surface area contributed by atoms with Gasteiger partial charge in [0.1, 0.15) is 0 Å². The van der Waals surface area contributed by atoms with E-state index in [-0.39, 0.29) is 16.9 Å². The quantitative estimate of drug-likeness (QED) is 0.294. The zero-order valence-corrected chi connectivity index (χ0v) is 18.9. The van der Waals surface area contributed by atoms with E-state index in [2.05, 4.69) is 22.9 Å². The molecule has 164 valence electrons. The van der Waals surface area contributed by atoms with Crippen molar-refractivity contribution in [2.24, 2.45) is 0 Å². The van der Waals surface area contributed by atoms with Crippen LogP contribution in [0.1, 0.15) is 43.0 Å². The predicted octanol–water partition coefficient (Wildman–Crippen LogP) is 6.00. The first-order valence-electron chi connectivity index (χ1n) is 10.7. The van der Waals surface area contributed by atoms with Crippen molar-refractivity contribution in [3.8, 4) is 11.1 Å². The molecule has 3 aromatic rings. The van der Waals surface area contributed by atoms with Crippen molar-refractivity contribution in [2.75, 3.05) is 10.6 Å². The van der Waals surface area contributed by atoms with Crippen molar-refractivity contribution in [1.82, 2.24) is 5.32 Å². The van der Waals surface area contributed by atoms with Gasteiger partial charge in [-0.3, -0.25) is 14.9 Å². The summed E-state index contributed by atoms with van der Waals surface area (Å²) in [6.07, 6.45) is 3.50. The highest BCUT2D eigenvalue weighted by molar-refractivity contribution is 7.80. The van der Waals surface area contributed by atoms with Crippen molar-refractivity contribution in [2.45, 2.75) is 32.6 Å². The first kappa shape index (κ1) is 23.2. The molecule has 0 saturated heterocycles. The Balaban J connectivity index is 1.54. The van der Waals surface area contributed by atoms with E-state index in [4.69, 9.17) is 12.2 Å². The number of benzene rings is 3. The Kier molecular flexibility index (Phi) is 8.52. The fourth-order valence-electron chi connectivity index (χ4n) is 3.22. The summed E-state index contributed by atoms with van der Waals surface area (Å²) in [4.78, 5) is 24.6. The van der Waals surface area contributed by atoms with Crippen LogP contribution in [0.4, 0.5) is 11.4 Å². The van der Waals surface area contributed by atoms with E-state index in [1.807, 2.05) is 60.7 Å². The summed E-state index contributed by atoms with van der Waals surface area (Å²) in [6.45, 7) is 2.11. The summed E-state index contributed by atoms with van der Waals surface area (Å²) in [6, 6.07) is 24.6. The van der Waals surface area contributed by atoms with E-state index in [1.165, 1.54) is 0 Å². The highest BCUT2D eigenvalue weighted by atomic mass is 32.1. The molecule has 0 atom stereocenters. The number of hydrogen-bond donors (Lipinski definition) is 3. The van der Waals surface area contributed by atoms with Gasteiger partial charge in [-0.1, -0.05) is 68.3 Å². The molecule has 0 spiro atoms. The molecule has 0 aromatic heterocycles. The standard InChI is InChI=1S/C26H27N3O2S/c1-2-3-5-13-24(30)27-22-11-8-12-23(18-22)28-26(32)29-25(31)21-16-14-20(15-17-21)19-9-6-4-7-10-19/h4,6-12,14-18H,2-3,5,13H2,1H3,(H,27,30)(H2,28,29,31,32). The molecule has 3 N–H and O–H groups in total. The summed E-state index contributed by atoms with van der Waals surface area (Å²) >= 11 is 5.29. The van der Waals surface area contributed by atoms with E-state index in [9.17, 15) is 9.59 Å². The first-order valence-corrected chi connectivity index (χ1v) is 11.1. The smallest absolute Gasteiger partial charge is 0.257 e. The number of unbranched alkanes of at least 4 members (excludes halogenated alkanes) is 2. The third-order valence-corrected chi connectivity index (χ3v) is 5.10. The second-order valence-electron chi connectivity index (χ2n) is 7.44. The molecule has 32 heavy (non-hydrogen) atoms. The molecule has 0 heterocycles. The van der Waals surface area contributed by atoms with Gasteiger partial charge in [-0.05, 0) is 60.1 Å². The first-order chi connectivity index (χ1) is 15.5. The molecule has 3 aromatic carbocycles. The van der Waals surface area contributed by atoms with Crippen LogP contribution in [0.15, 0.2) is 78.9 Å². The van der Waals surface area contributed by atoms with Gasteiger partial charge in [-0.2, -0.15) is 0 Å². The molecule has 0 aliphatic heterocycles. The van der Waals surface area contributed by atoms with E-state index in [1.54, 1.807) is 18.2 Å². The lowest BCUT2D eigenvalue weighted by Crippen LogP contribution is -2.34. The SMILES string of the molecule is CCCCCC(=O)Nc1cccc(NC(=S)NC(=O)c2ccc(-c3ccccc3)cc2)c1. The zero-order chi connectivity index (χ0) is 22.8. The normalized spacial score (nSPS) is 10.3. The number of hydrogen-bond acceptors (Lipinski definition) is 3. The third kappa shape index (κ3) is 7.03. The summed E-state index contributed by atoms with van der Waals surface area (Å²) < 4.78 is 0. The van der Waals surface area contributed by atoms with Crippen LogP contribution >= 0.6 is 12.2 Å². The minimum Gasteiger partial charge on any atom is -0.332 e. The van der Waals surface area contributed by atoms with Gasteiger partial charge in [-0.15, -0.1) is 0 Å². The zero-order valence-electron chi connectivity index (χ0n) is 18.1. The lowest BCUT2D eigenvalue weighted by molar-refractivity contribution is -0.116. The van der Waals surface area contributed by atoms with Crippen LogP contribution in [0.5, 0.6) is 0 Å². The van der Waals surface area contributed by atoms with Crippen molar-refractivity contribution in [1.29, 1.82) is 0 Å². The molecule has 5 nitrogen and oxygen atoms in total. The van der Waals surface area contributed by atoms with Crippen LogP contribution in [0.25, 0.3) is 11.1 Å². The van der Waals surface area contributed by atoms with E-state index in [0.29, 0.717) is 23.4 Å². The highest BCUT2D eigenvalue weighted by Gasteiger charge is 2.09. The van der Waals surface area contributed by atoms with Crippen LogP contribution in [0.2, 0.25) is 0 Å². The topological polar surface area (TPSA) is 70.2 Å². The Morgan fingerprint density at radius 2 is 1.44 bits per heavy atom. The molecule has 0 aliphatic carbocycles. The van der Waals surface area contributed by atoms with Gasteiger partial charge < -0.3 is 10.6 Å². The predicted molar refractivity (Wildman–Crippen MR) is 135 cm³/mol. The van der Waals surface area contributed by atoms with Gasteiger partial charge in [0.15, 0.2) is 5.11 Å². The summed E-state index contributed by atoms with van der Waals surface area (Å²) in [5.74, 6) is -0.298. The Labute approximate surface area is 194 Å². The number of thiocarbonyl (C=S) groups is 1. The van der Waals surface area contributed by atoms with Gasteiger partial charge >= 0.3 is 0 Å². The highest BCUT2D eigenvalue weighted by Crippen LogP contribution is 2.19. The lowest BCUT2D eigenvalue weighted by atomic mass is 10.0. The number of carbonyl (C=O) groups excluding carboxylic acids is 2. The molecule has 0 aliphatic rings. The average Bonchev–Trinajstić information content (AvgIpc) is 2.80. The van der Waals surface area contributed by atoms with Gasteiger partial charge in [0.2, 0.25) is 5.91 Å². The van der Waals surface area contributed by atoms with Crippen molar-refractivity contribution >= 4 is 40.5 Å². The molecule has 0 saturated carbocycles. The molecular weight excluding hydrogens is 418 g/mol. The molecular formula is C26H27N3O2S. The Morgan fingerprint density at radius 3 is 2.12 bits per heavy atom. The third-order valence-electron chi connectivity index (χ3n) is 4.89. The maximum Gasteiger partial charge on any atom is 0.257 e. The number of rotatable bonds is 8. The number of amides is 2. The van der Waals surface area contributed by atoms with Crippen molar-refractivity contribution < 1.29 is 9.59 Å². The van der Waals surface area contributed by atoms with Crippen LogP contribution in [0.3, 0.4) is 0 Å². The average molecular weight is 446 g/mol. The maximum absolute atomic E-state index is 12.5. The molecule has 2 amide bonds. The fraction of sp³-hybridized carbons (Fsp3) is 0.192. The number of nitrogens with one attached hydrogen (secondary N) is 3. The molecule has 0 unspecified atom stereocenters. The minimum absolute atomic E-state index is 0.00886. The second kappa shape index (κ2) is 11.8. The van der Waals surface area contributed by atoms with E-state index >= 15 is 0 Å². The number of carbonyl (C=O) groups is 2. The van der Waals surface area contributed by atoms with Crippen LogP contribution in [-0.4, -0.2) is 16.9 Å². The summed E-state index contributed by atoms with van der Waals surface area (Å²) in [7, 11) is 0. The van der Waals surface area contributed by atoms with Gasteiger partial charge in [0.05, 0.1) is 0 Å². The van der Waals surface area contributed by atoms with Gasteiger partial charge in [0.25, 0.3) is 5.91 Å². The molecule has 6 heteroatoms. The molecule has 0 fully saturated rings. The van der Waals surface area contributed by atoms with Crippen LogP contribution < -0.4 is 16.0 Å². The Hall–Kier alpha value is -3.51. The van der Waals surface area contributed by atoms with Crippen LogP contribution in [-0.2, 0) is 4.79 Å². The second-order valence-corrected chi connectivity index (χ2v) is 7.85. The van der Waals surface area contributed by atoms with E-state index < -0.39 is 0 Å². The van der Waals surface area contributed by atoms with Gasteiger partial charge in [-0.25, -0.2) is 0 Å². The van der Waals surface area contributed by atoms with Crippen molar-refractivity contribution in [3.63, 3.8) is 0 Å². The summed E-state index contributed by atoms with van der Waals surface area (Å²) in [5.41, 5.74) is 4.01. The summed E-state index contributed by atoms with van der Waals surface area (Å²) in [5, 5.41) is 8.77. The van der Waals surface area contributed by atoms with E-state index in [0.717, 1.165) is 30.4 Å². The maximum atomic E-state index is 12.5. The number of anilines is 2. The molecule has 0 bridgehead atoms. The molecule has 0 radical (unpaired) electrons. The van der Waals surface area contributed by atoms with Gasteiger partial charge in [0, 0.05) is 23.4 Å². The lowest BCUT2D eigenvalue weighted by Gasteiger charge is -2.12. The minimum atomic E-state index is -0.289. The molecule has 3 rings (SSSR count). The van der Waals surface area contributed by atoms with Crippen molar-refractivity contribution in [3.05, 3.63) is 84.4 Å².